The molecule has 5 nitrogen and oxygen atoms in total. The van der Waals surface area contributed by atoms with Crippen LogP contribution in [0.5, 0.6) is 0 Å². The molecule has 0 spiro atoms. The van der Waals surface area contributed by atoms with E-state index in [1.165, 1.54) is 6.26 Å². The number of rotatable bonds is 7. The molecule has 0 aliphatic heterocycles. The molecule has 0 saturated heterocycles. The second-order valence-corrected chi connectivity index (χ2v) is 6.02. The van der Waals surface area contributed by atoms with Crippen LogP contribution in [0.3, 0.4) is 0 Å². The summed E-state index contributed by atoms with van der Waals surface area (Å²) in [5, 5.41) is 13.2. The number of hydrogen-bond acceptors (Lipinski definition) is 4. The third-order valence-corrected chi connectivity index (χ3v) is 4.05. The lowest BCUT2D eigenvalue weighted by Gasteiger charge is -2.17. The second kappa shape index (κ2) is 8.13. The van der Waals surface area contributed by atoms with Crippen molar-refractivity contribution >= 4 is 17.5 Å². The third-order valence-electron chi connectivity index (χ3n) is 3.79. The minimum Gasteiger partial charge on any atom is -0.444 e. The molecule has 1 heterocycles. The van der Waals surface area contributed by atoms with E-state index in [9.17, 15) is 9.90 Å². The maximum Gasteiger partial charge on any atom is 0.226 e. The normalized spacial score (nSPS) is 13.6. The number of aliphatic hydroxyl groups is 1. The Morgan fingerprint density at radius 2 is 2.09 bits per heavy atom. The summed E-state index contributed by atoms with van der Waals surface area (Å²) in [5.74, 6) is 0.409. The van der Waals surface area contributed by atoms with Crippen LogP contribution in [-0.2, 0) is 11.2 Å². The Kier molecular flexibility index (Phi) is 6.19. The van der Waals surface area contributed by atoms with Crippen LogP contribution in [0.25, 0.3) is 11.5 Å². The van der Waals surface area contributed by atoms with Gasteiger partial charge in [0.15, 0.2) is 0 Å². The number of oxazole rings is 1. The van der Waals surface area contributed by atoms with Gasteiger partial charge < -0.3 is 14.8 Å². The summed E-state index contributed by atoms with van der Waals surface area (Å²) in [6.07, 6.45) is 1.91. The Labute approximate surface area is 140 Å². The van der Waals surface area contributed by atoms with Crippen molar-refractivity contribution in [3.63, 3.8) is 0 Å². The van der Waals surface area contributed by atoms with Crippen molar-refractivity contribution < 1.29 is 14.3 Å². The molecule has 0 radical (unpaired) electrons. The van der Waals surface area contributed by atoms with Gasteiger partial charge in [0.05, 0.1) is 18.2 Å². The minimum atomic E-state index is -0.536. The van der Waals surface area contributed by atoms with Gasteiger partial charge in [-0.25, -0.2) is 4.98 Å². The molecular formula is C17H21ClN2O3. The molecule has 23 heavy (non-hydrogen) atoms. The van der Waals surface area contributed by atoms with E-state index in [1.807, 2.05) is 13.8 Å². The fraction of sp³-hybridized carbons (Fsp3) is 0.412. The minimum absolute atomic E-state index is 0.115. The molecule has 1 aromatic heterocycles. The molecule has 0 saturated carbocycles. The molecule has 2 rings (SSSR count). The van der Waals surface area contributed by atoms with Crippen molar-refractivity contribution in [2.24, 2.45) is 5.92 Å². The first-order valence-corrected chi connectivity index (χ1v) is 8.02. The van der Waals surface area contributed by atoms with Gasteiger partial charge in [-0.1, -0.05) is 31.9 Å². The summed E-state index contributed by atoms with van der Waals surface area (Å²) in [5.41, 5.74) is 1.35. The third kappa shape index (κ3) is 5.08. The van der Waals surface area contributed by atoms with Crippen molar-refractivity contribution in [3.8, 4) is 11.5 Å². The van der Waals surface area contributed by atoms with Crippen molar-refractivity contribution in [3.05, 3.63) is 41.2 Å². The molecule has 0 fully saturated rings. The zero-order valence-corrected chi connectivity index (χ0v) is 14.0. The molecule has 0 aliphatic rings. The van der Waals surface area contributed by atoms with Crippen LogP contribution in [0.4, 0.5) is 0 Å². The Morgan fingerprint density at radius 3 is 2.74 bits per heavy atom. The maximum atomic E-state index is 11.9. The number of hydrogen-bond donors (Lipinski definition) is 2. The fourth-order valence-corrected chi connectivity index (χ4v) is 2.16. The summed E-state index contributed by atoms with van der Waals surface area (Å²) < 4.78 is 5.39. The topological polar surface area (TPSA) is 75.4 Å². The first-order chi connectivity index (χ1) is 11.0. The summed E-state index contributed by atoms with van der Waals surface area (Å²) in [4.78, 5) is 16.2. The number of halogens is 1. The van der Waals surface area contributed by atoms with E-state index in [0.29, 0.717) is 16.6 Å². The van der Waals surface area contributed by atoms with E-state index in [2.05, 4.69) is 10.3 Å². The van der Waals surface area contributed by atoms with Crippen LogP contribution >= 0.6 is 11.6 Å². The molecule has 2 N–H and O–H groups in total. The highest BCUT2D eigenvalue weighted by Gasteiger charge is 2.15. The molecule has 6 heteroatoms. The largest absolute Gasteiger partial charge is 0.444 e. The van der Waals surface area contributed by atoms with Crippen LogP contribution in [0.15, 0.2) is 34.9 Å². The number of aliphatic hydroxyl groups excluding tert-OH is 1. The number of nitrogens with one attached hydrogen (secondary N) is 1. The number of carbonyl (C=O) groups excluding carboxylic acids is 1. The molecular weight excluding hydrogens is 316 g/mol. The van der Waals surface area contributed by atoms with E-state index in [1.54, 1.807) is 24.3 Å². The van der Waals surface area contributed by atoms with Gasteiger partial charge in [0, 0.05) is 17.1 Å². The van der Waals surface area contributed by atoms with E-state index in [-0.39, 0.29) is 24.8 Å². The fourth-order valence-electron chi connectivity index (χ4n) is 2.03. The molecule has 2 aromatic rings. The highest BCUT2D eigenvalue weighted by molar-refractivity contribution is 6.30. The second-order valence-electron chi connectivity index (χ2n) is 5.58. The maximum absolute atomic E-state index is 11.9. The predicted molar refractivity (Wildman–Crippen MR) is 89.1 cm³/mol. The SMILES string of the molecule is CCC(C)C(O)CNC(=O)Cc1coc(-c2ccc(Cl)cc2)n1. The zero-order chi connectivity index (χ0) is 16.8. The number of nitrogens with zero attached hydrogens (tertiary/aromatic N) is 1. The lowest BCUT2D eigenvalue weighted by molar-refractivity contribution is -0.121. The standard InChI is InChI=1S/C17H21ClN2O3/c1-3-11(2)15(21)9-19-16(22)8-14-10-23-17(20-14)12-4-6-13(18)7-5-12/h4-7,10-11,15,21H,3,8-9H2,1-2H3,(H,19,22). The molecule has 0 bridgehead atoms. The summed E-state index contributed by atoms with van der Waals surface area (Å²) in [7, 11) is 0. The van der Waals surface area contributed by atoms with E-state index >= 15 is 0 Å². The summed E-state index contributed by atoms with van der Waals surface area (Å²) >= 11 is 5.84. The van der Waals surface area contributed by atoms with E-state index < -0.39 is 6.10 Å². The first-order valence-electron chi connectivity index (χ1n) is 7.64. The number of aromatic nitrogens is 1. The van der Waals surface area contributed by atoms with Gasteiger partial charge in [-0.3, -0.25) is 4.79 Å². The smallest absolute Gasteiger partial charge is 0.226 e. The van der Waals surface area contributed by atoms with Crippen molar-refractivity contribution in [1.29, 1.82) is 0 Å². The Balaban J connectivity index is 1.89. The highest BCUT2D eigenvalue weighted by Crippen LogP contribution is 2.21. The van der Waals surface area contributed by atoms with E-state index in [4.69, 9.17) is 16.0 Å². The first kappa shape index (κ1) is 17.5. The molecule has 2 atom stereocenters. The monoisotopic (exact) mass is 336 g/mol. The van der Waals surface area contributed by atoms with Gasteiger partial charge in [-0.05, 0) is 30.2 Å². The number of carbonyl (C=O) groups is 1. The Hall–Kier alpha value is -1.85. The molecule has 0 aliphatic carbocycles. The Bertz CT molecular complexity index is 640. The predicted octanol–water partition coefficient (Wildman–Crippen LogP) is 3.06. The zero-order valence-electron chi connectivity index (χ0n) is 13.3. The molecule has 2 unspecified atom stereocenters. The Morgan fingerprint density at radius 1 is 1.39 bits per heavy atom. The van der Waals surface area contributed by atoms with Crippen LogP contribution in [0.1, 0.15) is 26.0 Å². The van der Waals surface area contributed by atoms with Crippen LogP contribution in [0, 0.1) is 5.92 Å². The van der Waals surface area contributed by atoms with Gasteiger partial charge in [0.1, 0.15) is 6.26 Å². The summed E-state index contributed by atoms with van der Waals surface area (Å²) in [6, 6.07) is 7.12. The van der Waals surface area contributed by atoms with Gasteiger partial charge in [0.25, 0.3) is 0 Å². The van der Waals surface area contributed by atoms with Crippen LogP contribution in [0.2, 0.25) is 5.02 Å². The van der Waals surface area contributed by atoms with Crippen molar-refractivity contribution in [2.45, 2.75) is 32.8 Å². The van der Waals surface area contributed by atoms with Gasteiger partial charge in [-0.2, -0.15) is 0 Å². The van der Waals surface area contributed by atoms with Gasteiger partial charge >= 0.3 is 0 Å². The quantitative estimate of drug-likeness (QED) is 0.814. The average molecular weight is 337 g/mol. The van der Waals surface area contributed by atoms with Gasteiger partial charge in [0.2, 0.25) is 11.8 Å². The van der Waals surface area contributed by atoms with Crippen molar-refractivity contribution in [2.75, 3.05) is 6.54 Å². The van der Waals surface area contributed by atoms with E-state index in [0.717, 1.165) is 12.0 Å². The lowest BCUT2D eigenvalue weighted by atomic mass is 10.0. The van der Waals surface area contributed by atoms with Gasteiger partial charge in [-0.15, -0.1) is 0 Å². The number of amides is 1. The average Bonchev–Trinajstić information content (AvgIpc) is 3.00. The lowest BCUT2D eigenvalue weighted by Crippen LogP contribution is -2.36. The number of benzene rings is 1. The van der Waals surface area contributed by atoms with Crippen LogP contribution in [-0.4, -0.2) is 28.6 Å². The van der Waals surface area contributed by atoms with Crippen LogP contribution < -0.4 is 5.32 Å². The summed E-state index contributed by atoms with van der Waals surface area (Å²) in [6.45, 7) is 4.20. The molecule has 124 valence electrons. The van der Waals surface area contributed by atoms with Crippen molar-refractivity contribution in [1.82, 2.24) is 10.3 Å². The molecule has 1 amide bonds. The highest BCUT2D eigenvalue weighted by atomic mass is 35.5. The molecule has 1 aromatic carbocycles.